The maximum atomic E-state index is 11.4. The molecule has 3 nitrogen and oxygen atoms in total. The van der Waals surface area contributed by atoms with Crippen LogP contribution < -0.4 is 5.32 Å². The number of morpholine rings is 1. The van der Waals surface area contributed by atoms with Crippen LogP contribution in [0.4, 0.5) is 0 Å². The second kappa shape index (κ2) is 4.64. The Bertz CT molecular complexity index is 350. The van der Waals surface area contributed by atoms with Crippen molar-refractivity contribution in [1.82, 2.24) is 5.32 Å². The van der Waals surface area contributed by atoms with Crippen molar-refractivity contribution in [1.29, 1.82) is 0 Å². The summed E-state index contributed by atoms with van der Waals surface area (Å²) < 4.78 is 5.38. The number of rotatable bonds is 2. The summed E-state index contributed by atoms with van der Waals surface area (Å²) >= 11 is 5.77. The van der Waals surface area contributed by atoms with Crippen molar-refractivity contribution in [3.8, 4) is 0 Å². The standard InChI is InChI=1S/C11H12ClNO2/c12-9-3-1-8(2-4-9)7-10-11(14)13-5-6-15-10/h1-4,10H,5-7H2,(H,13,14). The normalized spacial score (nSPS) is 21.1. The van der Waals surface area contributed by atoms with Crippen molar-refractivity contribution in [2.24, 2.45) is 0 Å². The second-order valence-corrected chi connectivity index (χ2v) is 3.92. The summed E-state index contributed by atoms with van der Waals surface area (Å²) in [6, 6.07) is 7.45. The number of ether oxygens (including phenoxy) is 1. The molecular formula is C11H12ClNO2. The summed E-state index contributed by atoms with van der Waals surface area (Å²) in [4.78, 5) is 11.4. The van der Waals surface area contributed by atoms with Gasteiger partial charge in [-0.1, -0.05) is 23.7 Å². The molecule has 80 valence electrons. The van der Waals surface area contributed by atoms with E-state index in [0.717, 1.165) is 5.56 Å². The number of benzene rings is 1. The molecule has 0 radical (unpaired) electrons. The van der Waals surface area contributed by atoms with Gasteiger partial charge >= 0.3 is 0 Å². The third kappa shape index (κ3) is 2.70. The first-order valence-electron chi connectivity index (χ1n) is 4.89. The van der Waals surface area contributed by atoms with Crippen molar-refractivity contribution in [2.75, 3.05) is 13.2 Å². The Balaban J connectivity index is 2.01. The van der Waals surface area contributed by atoms with Crippen LogP contribution in [0.5, 0.6) is 0 Å². The molecule has 1 saturated heterocycles. The highest BCUT2D eigenvalue weighted by Gasteiger charge is 2.22. The smallest absolute Gasteiger partial charge is 0.249 e. The van der Waals surface area contributed by atoms with Gasteiger partial charge in [0.2, 0.25) is 5.91 Å². The summed E-state index contributed by atoms with van der Waals surface area (Å²) in [6.07, 6.45) is 0.239. The molecule has 0 bridgehead atoms. The van der Waals surface area contributed by atoms with E-state index in [0.29, 0.717) is 24.6 Å². The van der Waals surface area contributed by atoms with Gasteiger partial charge in [0.1, 0.15) is 6.10 Å². The molecule has 1 aromatic rings. The topological polar surface area (TPSA) is 38.3 Å². The van der Waals surface area contributed by atoms with E-state index in [-0.39, 0.29) is 12.0 Å². The lowest BCUT2D eigenvalue weighted by molar-refractivity contribution is -0.137. The van der Waals surface area contributed by atoms with E-state index in [1.165, 1.54) is 0 Å². The zero-order valence-electron chi connectivity index (χ0n) is 8.20. The molecule has 1 unspecified atom stereocenters. The van der Waals surface area contributed by atoms with E-state index in [9.17, 15) is 4.79 Å². The Hall–Kier alpha value is -1.06. The fraction of sp³-hybridized carbons (Fsp3) is 0.364. The first-order chi connectivity index (χ1) is 7.25. The predicted octanol–water partition coefficient (Wildman–Crippen LogP) is 1.40. The molecule has 1 aliphatic rings. The van der Waals surface area contributed by atoms with Gasteiger partial charge in [-0.25, -0.2) is 0 Å². The van der Waals surface area contributed by atoms with Gasteiger partial charge in [-0.15, -0.1) is 0 Å². The highest BCUT2D eigenvalue weighted by Crippen LogP contribution is 2.13. The molecule has 1 aromatic carbocycles. The van der Waals surface area contributed by atoms with E-state index in [2.05, 4.69) is 5.32 Å². The van der Waals surface area contributed by atoms with Gasteiger partial charge in [0.25, 0.3) is 0 Å². The van der Waals surface area contributed by atoms with Gasteiger partial charge in [-0.05, 0) is 17.7 Å². The highest BCUT2D eigenvalue weighted by molar-refractivity contribution is 6.30. The van der Waals surface area contributed by atoms with Crippen LogP contribution in [-0.4, -0.2) is 25.2 Å². The fourth-order valence-corrected chi connectivity index (χ4v) is 1.68. The molecule has 15 heavy (non-hydrogen) atoms. The molecule has 0 spiro atoms. The van der Waals surface area contributed by atoms with Gasteiger partial charge < -0.3 is 10.1 Å². The minimum Gasteiger partial charge on any atom is -0.366 e. The molecule has 1 amide bonds. The van der Waals surface area contributed by atoms with E-state index in [1.54, 1.807) is 0 Å². The van der Waals surface area contributed by atoms with Gasteiger partial charge in [0.05, 0.1) is 6.61 Å². The summed E-state index contributed by atoms with van der Waals surface area (Å²) in [7, 11) is 0. The third-order valence-corrected chi connectivity index (χ3v) is 2.60. The first-order valence-corrected chi connectivity index (χ1v) is 5.27. The molecule has 0 saturated carbocycles. The van der Waals surface area contributed by atoms with Crippen LogP contribution in [0.25, 0.3) is 0 Å². The number of nitrogens with one attached hydrogen (secondary N) is 1. The molecule has 0 aromatic heterocycles. The summed E-state index contributed by atoms with van der Waals surface area (Å²) in [6.45, 7) is 1.19. The Labute approximate surface area is 93.4 Å². The number of halogens is 1. The number of hydrogen-bond acceptors (Lipinski definition) is 2. The fourth-order valence-electron chi connectivity index (χ4n) is 1.55. The molecule has 1 fully saturated rings. The largest absolute Gasteiger partial charge is 0.366 e. The quantitative estimate of drug-likeness (QED) is 0.826. The lowest BCUT2D eigenvalue weighted by Gasteiger charge is -2.22. The van der Waals surface area contributed by atoms with Crippen LogP contribution in [0, 0.1) is 0 Å². The number of amides is 1. The van der Waals surface area contributed by atoms with Crippen LogP contribution in [0.15, 0.2) is 24.3 Å². The highest BCUT2D eigenvalue weighted by atomic mass is 35.5. The van der Waals surface area contributed by atoms with Crippen LogP contribution in [-0.2, 0) is 16.0 Å². The molecule has 1 aliphatic heterocycles. The molecule has 0 aliphatic carbocycles. The predicted molar refractivity (Wildman–Crippen MR) is 57.9 cm³/mol. The van der Waals surface area contributed by atoms with Crippen LogP contribution in [0.3, 0.4) is 0 Å². The molecular weight excluding hydrogens is 214 g/mol. The van der Waals surface area contributed by atoms with Gasteiger partial charge in [-0.3, -0.25) is 4.79 Å². The van der Waals surface area contributed by atoms with E-state index in [4.69, 9.17) is 16.3 Å². The van der Waals surface area contributed by atoms with E-state index in [1.807, 2.05) is 24.3 Å². The zero-order chi connectivity index (χ0) is 10.7. The van der Waals surface area contributed by atoms with Gasteiger partial charge in [0, 0.05) is 18.0 Å². The minimum absolute atomic E-state index is 0.0313. The van der Waals surface area contributed by atoms with Gasteiger partial charge in [0.15, 0.2) is 0 Å². The first kappa shape index (κ1) is 10.5. The summed E-state index contributed by atoms with van der Waals surface area (Å²) in [5, 5.41) is 3.48. The maximum absolute atomic E-state index is 11.4. The molecule has 1 heterocycles. The van der Waals surface area contributed by atoms with E-state index < -0.39 is 0 Å². The van der Waals surface area contributed by atoms with Crippen LogP contribution >= 0.6 is 11.6 Å². The minimum atomic E-state index is -0.361. The monoisotopic (exact) mass is 225 g/mol. The Kier molecular flexibility index (Phi) is 3.23. The average Bonchev–Trinajstić information content (AvgIpc) is 2.25. The average molecular weight is 226 g/mol. The lowest BCUT2D eigenvalue weighted by Crippen LogP contribution is -2.45. The van der Waals surface area contributed by atoms with Gasteiger partial charge in [-0.2, -0.15) is 0 Å². The Morgan fingerprint density at radius 3 is 2.80 bits per heavy atom. The van der Waals surface area contributed by atoms with Crippen molar-refractivity contribution in [3.05, 3.63) is 34.9 Å². The Morgan fingerprint density at radius 2 is 2.13 bits per heavy atom. The SMILES string of the molecule is O=C1NCCOC1Cc1ccc(Cl)cc1. The lowest BCUT2D eigenvalue weighted by atomic mass is 10.1. The van der Waals surface area contributed by atoms with Crippen molar-refractivity contribution in [2.45, 2.75) is 12.5 Å². The maximum Gasteiger partial charge on any atom is 0.249 e. The van der Waals surface area contributed by atoms with Crippen molar-refractivity contribution in [3.63, 3.8) is 0 Å². The second-order valence-electron chi connectivity index (χ2n) is 3.48. The Morgan fingerprint density at radius 1 is 1.40 bits per heavy atom. The number of carbonyl (C=O) groups excluding carboxylic acids is 1. The molecule has 4 heteroatoms. The number of carbonyl (C=O) groups is 1. The molecule has 1 N–H and O–H groups in total. The van der Waals surface area contributed by atoms with Crippen molar-refractivity contribution < 1.29 is 9.53 Å². The third-order valence-electron chi connectivity index (χ3n) is 2.35. The number of hydrogen-bond donors (Lipinski definition) is 1. The van der Waals surface area contributed by atoms with E-state index >= 15 is 0 Å². The summed E-state index contributed by atoms with van der Waals surface area (Å²) in [5.41, 5.74) is 1.06. The molecule has 1 atom stereocenters. The van der Waals surface area contributed by atoms with Crippen LogP contribution in [0.2, 0.25) is 5.02 Å². The van der Waals surface area contributed by atoms with Crippen molar-refractivity contribution >= 4 is 17.5 Å². The summed E-state index contributed by atoms with van der Waals surface area (Å²) in [5.74, 6) is -0.0313. The molecule has 2 rings (SSSR count). The van der Waals surface area contributed by atoms with Crippen LogP contribution in [0.1, 0.15) is 5.56 Å². The zero-order valence-corrected chi connectivity index (χ0v) is 8.96.